The van der Waals surface area contributed by atoms with Gasteiger partial charge < -0.3 is 20.3 Å². The molecular formula is C18H32IN7O. The van der Waals surface area contributed by atoms with Crippen LogP contribution < -0.4 is 15.5 Å². The molecule has 0 aliphatic carbocycles. The number of ether oxygens (including phenoxy) is 1. The molecule has 0 aromatic carbocycles. The first-order chi connectivity index (χ1) is 12.8. The third-order valence-corrected chi connectivity index (χ3v) is 4.75. The molecule has 3 heterocycles. The van der Waals surface area contributed by atoms with Gasteiger partial charge in [-0.1, -0.05) is 0 Å². The van der Waals surface area contributed by atoms with Crippen molar-refractivity contribution < 1.29 is 4.74 Å². The molecule has 2 saturated heterocycles. The summed E-state index contributed by atoms with van der Waals surface area (Å²) in [5.74, 6) is 1.72. The number of halogens is 1. The summed E-state index contributed by atoms with van der Waals surface area (Å²) >= 11 is 0. The second-order valence-corrected chi connectivity index (χ2v) is 6.66. The Morgan fingerprint density at radius 3 is 2.67 bits per heavy atom. The van der Waals surface area contributed by atoms with Gasteiger partial charge in [0.15, 0.2) is 5.96 Å². The van der Waals surface area contributed by atoms with Gasteiger partial charge in [-0.3, -0.25) is 9.89 Å². The Labute approximate surface area is 179 Å². The minimum Gasteiger partial charge on any atom is -0.376 e. The highest BCUT2D eigenvalue weighted by atomic mass is 127. The Balaban J connectivity index is 0.00000261. The van der Waals surface area contributed by atoms with E-state index in [0.717, 1.165) is 83.7 Å². The van der Waals surface area contributed by atoms with Gasteiger partial charge in [-0.15, -0.1) is 24.0 Å². The maximum absolute atomic E-state index is 5.64. The van der Waals surface area contributed by atoms with E-state index in [0.29, 0.717) is 6.10 Å². The first kappa shape index (κ1) is 22.1. The van der Waals surface area contributed by atoms with Crippen molar-refractivity contribution in [1.82, 2.24) is 25.5 Å². The molecule has 0 amide bonds. The van der Waals surface area contributed by atoms with Crippen LogP contribution in [0.4, 0.5) is 5.95 Å². The molecule has 2 aliphatic rings. The lowest BCUT2D eigenvalue weighted by Gasteiger charge is -2.34. The topological polar surface area (TPSA) is 77.9 Å². The molecular weight excluding hydrogens is 457 g/mol. The van der Waals surface area contributed by atoms with Crippen LogP contribution in [-0.4, -0.2) is 85.9 Å². The lowest BCUT2D eigenvalue weighted by Crippen LogP contribution is -2.49. The largest absolute Gasteiger partial charge is 0.376 e. The van der Waals surface area contributed by atoms with Crippen molar-refractivity contribution >= 4 is 35.9 Å². The van der Waals surface area contributed by atoms with Gasteiger partial charge in [-0.25, -0.2) is 9.97 Å². The van der Waals surface area contributed by atoms with Gasteiger partial charge in [0.25, 0.3) is 0 Å². The van der Waals surface area contributed by atoms with Crippen LogP contribution in [0.1, 0.15) is 19.8 Å². The van der Waals surface area contributed by atoms with E-state index in [1.54, 1.807) is 12.4 Å². The molecule has 1 atom stereocenters. The van der Waals surface area contributed by atoms with Crippen molar-refractivity contribution in [2.75, 3.05) is 63.9 Å². The summed E-state index contributed by atoms with van der Waals surface area (Å²) in [5.41, 5.74) is 0. The van der Waals surface area contributed by atoms with Crippen LogP contribution in [0.3, 0.4) is 0 Å². The van der Waals surface area contributed by atoms with E-state index in [2.05, 4.69) is 42.3 Å². The highest BCUT2D eigenvalue weighted by Crippen LogP contribution is 2.12. The minimum absolute atomic E-state index is 0. The highest BCUT2D eigenvalue weighted by molar-refractivity contribution is 14.0. The Kier molecular flexibility index (Phi) is 10.1. The monoisotopic (exact) mass is 489 g/mol. The van der Waals surface area contributed by atoms with Crippen molar-refractivity contribution in [3.63, 3.8) is 0 Å². The summed E-state index contributed by atoms with van der Waals surface area (Å²) in [4.78, 5) is 18.0. The predicted octanol–water partition coefficient (Wildman–Crippen LogP) is 0.951. The number of rotatable bonds is 7. The molecule has 1 aromatic rings. The zero-order valence-corrected chi connectivity index (χ0v) is 18.5. The smallest absolute Gasteiger partial charge is 0.225 e. The van der Waals surface area contributed by atoms with E-state index in [1.807, 2.05) is 6.07 Å². The maximum atomic E-state index is 5.64. The number of hydrogen-bond donors (Lipinski definition) is 2. The Bertz CT molecular complexity index is 546. The number of aliphatic imine (C=N–C) groups is 1. The maximum Gasteiger partial charge on any atom is 0.225 e. The quantitative estimate of drug-likeness (QED) is 0.336. The van der Waals surface area contributed by atoms with Gasteiger partial charge in [0.1, 0.15) is 0 Å². The van der Waals surface area contributed by atoms with Crippen LogP contribution in [0.15, 0.2) is 23.5 Å². The Morgan fingerprint density at radius 1 is 1.22 bits per heavy atom. The molecule has 2 N–H and O–H groups in total. The van der Waals surface area contributed by atoms with E-state index in [1.165, 1.54) is 0 Å². The van der Waals surface area contributed by atoms with Crippen molar-refractivity contribution in [3.8, 4) is 0 Å². The van der Waals surface area contributed by atoms with Crippen LogP contribution in [0.2, 0.25) is 0 Å². The van der Waals surface area contributed by atoms with Gasteiger partial charge in [-0.2, -0.15) is 0 Å². The number of nitrogens with zero attached hydrogens (tertiary/aromatic N) is 5. The first-order valence-corrected chi connectivity index (χ1v) is 9.73. The molecule has 1 unspecified atom stereocenters. The minimum atomic E-state index is 0. The molecule has 2 aliphatic heterocycles. The summed E-state index contributed by atoms with van der Waals surface area (Å²) in [7, 11) is 0. The number of hydrogen-bond acceptors (Lipinski definition) is 6. The summed E-state index contributed by atoms with van der Waals surface area (Å²) in [6.07, 6.45) is 6.18. The molecule has 0 bridgehead atoms. The Morgan fingerprint density at radius 2 is 2.00 bits per heavy atom. The number of piperazine rings is 1. The lowest BCUT2D eigenvalue weighted by molar-refractivity contribution is 0.117. The fraction of sp³-hybridized carbons (Fsp3) is 0.722. The predicted molar refractivity (Wildman–Crippen MR) is 119 cm³/mol. The van der Waals surface area contributed by atoms with E-state index < -0.39 is 0 Å². The van der Waals surface area contributed by atoms with Gasteiger partial charge in [-0.05, 0) is 25.8 Å². The Hall–Kier alpha value is -1.20. The third-order valence-electron chi connectivity index (χ3n) is 4.75. The number of guanidine groups is 1. The molecule has 0 spiro atoms. The molecule has 9 heteroatoms. The molecule has 0 saturated carbocycles. The highest BCUT2D eigenvalue weighted by Gasteiger charge is 2.18. The number of aromatic nitrogens is 2. The summed E-state index contributed by atoms with van der Waals surface area (Å²) < 4.78 is 5.64. The average Bonchev–Trinajstić information content (AvgIpc) is 3.21. The standard InChI is InChI=1S/C18H31N7O.HI/c1-2-19-17(23-15-16-5-3-14-26-16)20-8-9-24-10-12-25(13-11-24)18-21-6-4-7-22-18;/h4,6-7,16H,2-3,5,8-15H2,1H3,(H2,19,20,23);1H. The van der Waals surface area contributed by atoms with E-state index in [9.17, 15) is 0 Å². The molecule has 8 nitrogen and oxygen atoms in total. The van der Waals surface area contributed by atoms with Crippen LogP contribution >= 0.6 is 24.0 Å². The zero-order valence-electron chi connectivity index (χ0n) is 16.1. The first-order valence-electron chi connectivity index (χ1n) is 9.73. The van der Waals surface area contributed by atoms with E-state index >= 15 is 0 Å². The molecule has 3 rings (SSSR count). The van der Waals surface area contributed by atoms with Gasteiger partial charge in [0.05, 0.1) is 12.6 Å². The van der Waals surface area contributed by atoms with Gasteiger partial charge >= 0.3 is 0 Å². The molecule has 27 heavy (non-hydrogen) atoms. The van der Waals surface area contributed by atoms with Gasteiger partial charge in [0.2, 0.25) is 5.95 Å². The fourth-order valence-corrected chi connectivity index (χ4v) is 3.28. The van der Waals surface area contributed by atoms with Crippen molar-refractivity contribution in [2.45, 2.75) is 25.9 Å². The SMILES string of the molecule is CCNC(=NCC1CCCO1)NCCN1CCN(c2ncccn2)CC1.I. The third kappa shape index (κ3) is 7.38. The molecule has 1 aromatic heterocycles. The van der Waals surface area contributed by atoms with Crippen LogP contribution in [0, 0.1) is 0 Å². The summed E-state index contributed by atoms with van der Waals surface area (Å²) in [5, 5.41) is 6.75. The zero-order chi connectivity index (χ0) is 18.0. The number of nitrogens with one attached hydrogen (secondary N) is 2. The van der Waals surface area contributed by atoms with Gasteiger partial charge in [0, 0.05) is 64.8 Å². The van der Waals surface area contributed by atoms with E-state index in [4.69, 9.17) is 4.74 Å². The fourth-order valence-electron chi connectivity index (χ4n) is 3.28. The van der Waals surface area contributed by atoms with Crippen LogP contribution in [-0.2, 0) is 4.74 Å². The van der Waals surface area contributed by atoms with Crippen molar-refractivity contribution in [3.05, 3.63) is 18.5 Å². The normalized spacial score (nSPS) is 21.0. The van der Waals surface area contributed by atoms with Crippen molar-refractivity contribution in [1.29, 1.82) is 0 Å². The second-order valence-electron chi connectivity index (χ2n) is 6.66. The van der Waals surface area contributed by atoms with Crippen LogP contribution in [0.5, 0.6) is 0 Å². The lowest BCUT2D eigenvalue weighted by atomic mass is 10.2. The number of anilines is 1. The second kappa shape index (κ2) is 12.3. The molecule has 152 valence electrons. The summed E-state index contributed by atoms with van der Waals surface area (Å²) in [6.45, 7) is 10.5. The molecule has 2 fully saturated rings. The van der Waals surface area contributed by atoms with Crippen molar-refractivity contribution in [2.24, 2.45) is 4.99 Å². The molecule has 0 radical (unpaired) electrons. The summed E-state index contributed by atoms with van der Waals surface area (Å²) in [6, 6.07) is 1.85. The average molecular weight is 489 g/mol. The van der Waals surface area contributed by atoms with E-state index in [-0.39, 0.29) is 24.0 Å². The van der Waals surface area contributed by atoms with Crippen LogP contribution in [0.25, 0.3) is 0 Å².